The fraction of sp³-hybridized carbons (Fsp3) is 0.333. The summed E-state index contributed by atoms with van der Waals surface area (Å²) < 4.78 is 25.1. The van der Waals surface area contributed by atoms with Crippen molar-refractivity contribution in [1.29, 1.82) is 5.26 Å². The number of halogens is 2. The van der Waals surface area contributed by atoms with Crippen LogP contribution >= 0.6 is 0 Å². The van der Waals surface area contributed by atoms with Gasteiger partial charge in [-0.1, -0.05) is 0 Å². The van der Waals surface area contributed by atoms with E-state index in [1.165, 1.54) is 6.92 Å². The van der Waals surface area contributed by atoms with Crippen molar-refractivity contribution in [3.05, 3.63) is 33.0 Å². The first-order chi connectivity index (χ1) is 7.47. The van der Waals surface area contributed by atoms with Crippen molar-refractivity contribution in [2.45, 2.75) is 19.8 Å². The Hall–Kier alpha value is -2.10. The number of pyridine rings is 1. The zero-order valence-corrected chi connectivity index (χ0v) is 8.28. The quantitative estimate of drug-likeness (QED) is 0.586. The van der Waals surface area contributed by atoms with E-state index in [-0.39, 0.29) is 17.7 Å². The molecule has 0 atom stereocenters. The van der Waals surface area contributed by atoms with Crippen molar-refractivity contribution >= 4 is 5.82 Å². The van der Waals surface area contributed by atoms with Gasteiger partial charge in [0.1, 0.15) is 6.42 Å². The van der Waals surface area contributed by atoms with Gasteiger partial charge < -0.3 is 10.1 Å². The van der Waals surface area contributed by atoms with E-state index in [1.54, 1.807) is 6.07 Å². The van der Waals surface area contributed by atoms with Crippen LogP contribution in [0, 0.1) is 28.4 Å². The largest absolute Gasteiger partial charge is 0.364 e. The van der Waals surface area contributed by atoms with Gasteiger partial charge in [-0.3, -0.25) is 0 Å². The van der Waals surface area contributed by atoms with Crippen LogP contribution in [0.25, 0.3) is 0 Å². The predicted octanol–water partition coefficient (Wildman–Crippen LogP) is 2.30. The van der Waals surface area contributed by atoms with Crippen LogP contribution in [0.5, 0.6) is 0 Å². The van der Waals surface area contributed by atoms with Crippen LogP contribution in [0.1, 0.15) is 23.2 Å². The van der Waals surface area contributed by atoms with Gasteiger partial charge in [0.25, 0.3) is 6.43 Å². The summed E-state index contributed by atoms with van der Waals surface area (Å²) in [4.78, 5) is 13.2. The second-order valence-corrected chi connectivity index (χ2v) is 3.03. The normalized spacial score (nSPS) is 10.2. The van der Waals surface area contributed by atoms with Crippen LogP contribution in [0.3, 0.4) is 0 Å². The summed E-state index contributed by atoms with van der Waals surface area (Å²) in [6.07, 6.45) is -3.05. The molecule has 0 fully saturated rings. The zero-order chi connectivity index (χ0) is 12.3. The van der Waals surface area contributed by atoms with E-state index in [2.05, 4.69) is 4.98 Å². The molecule has 0 unspecified atom stereocenters. The summed E-state index contributed by atoms with van der Waals surface area (Å²) in [5.74, 6) is -0.661. The minimum Gasteiger partial charge on any atom is -0.358 e. The van der Waals surface area contributed by atoms with Crippen molar-refractivity contribution in [3.63, 3.8) is 0 Å². The number of rotatable bonds is 3. The average Bonchev–Trinajstić information content (AvgIpc) is 2.20. The Morgan fingerprint density at radius 1 is 1.69 bits per heavy atom. The first kappa shape index (κ1) is 12.0. The lowest BCUT2D eigenvalue weighted by Crippen LogP contribution is -2.03. The molecule has 1 rings (SSSR count). The van der Waals surface area contributed by atoms with Crippen LogP contribution in [0.4, 0.5) is 14.6 Å². The maximum absolute atomic E-state index is 12.6. The molecule has 0 bridgehead atoms. The molecule has 1 heterocycles. The van der Waals surface area contributed by atoms with Crippen molar-refractivity contribution < 1.29 is 13.7 Å². The molecular weight excluding hydrogens is 220 g/mol. The van der Waals surface area contributed by atoms with Gasteiger partial charge in [0.2, 0.25) is 0 Å². The van der Waals surface area contributed by atoms with Gasteiger partial charge in [-0.05, 0) is 16.8 Å². The zero-order valence-electron chi connectivity index (χ0n) is 8.28. The van der Waals surface area contributed by atoms with E-state index in [0.717, 1.165) is 6.07 Å². The smallest absolute Gasteiger partial charge is 0.358 e. The Morgan fingerprint density at radius 3 is 2.75 bits per heavy atom. The molecule has 0 aliphatic carbocycles. The third kappa shape index (κ3) is 2.28. The highest BCUT2D eigenvalue weighted by molar-refractivity contribution is 5.38. The molecule has 1 aromatic rings. The summed E-state index contributed by atoms with van der Waals surface area (Å²) in [5.41, 5.74) is -0.305. The molecule has 0 amide bonds. The highest BCUT2D eigenvalue weighted by atomic mass is 19.3. The predicted molar refractivity (Wildman–Crippen MR) is 49.9 cm³/mol. The molecule has 0 saturated carbocycles. The topological polar surface area (TPSA) is 79.8 Å². The molecule has 0 aromatic carbocycles. The van der Waals surface area contributed by atoms with Crippen LogP contribution < -0.4 is 0 Å². The van der Waals surface area contributed by atoms with Crippen molar-refractivity contribution in [3.8, 4) is 6.07 Å². The standard InChI is InChI=1S/C9H7F2N3O2/c1-5-6(9(10)11)4-8(14(15)16)13-7(5)2-3-12/h4,9H,2H2,1H3. The van der Waals surface area contributed by atoms with Gasteiger partial charge in [0.15, 0.2) is 5.69 Å². The second kappa shape index (κ2) is 4.61. The molecule has 1 aromatic heterocycles. The third-order valence-corrected chi connectivity index (χ3v) is 2.07. The van der Waals surface area contributed by atoms with E-state index >= 15 is 0 Å². The fourth-order valence-electron chi connectivity index (χ4n) is 1.24. The second-order valence-electron chi connectivity index (χ2n) is 3.03. The lowest BCUT2D eigenvalue weighted by molar-refractivity contribution is -0.389. The molecule has 0 aliphatic heterocycles. The van der Waals surface area contributed by atoms with Crippen molar-refractivity contribution in [2.75, 3.05) is 0 Å². The number of hydrogen-bond acceptors (Lipinski definition) is 4. The summed E-state index contributed by atoms with van der Waals surface area (Å²) >= 11 is 0. The molecule has 16 heavy (non-hydrogen) atoms. The number of nitro groups is 1. The minimum absolute atomic E-state index is 0.0204. The van der Waals surface area contributed by atoms with Crippen LogP contribution in [0.15, 0.2) is 6.07 Å². The summed E-state index contributed by atoms with van der Waals surface area (Å²) in [5, 5.41) is 18.9. The van der Waals surface area contributed by atoms with Gasteiger partial charge in [-0.25, -0.2) is 8.78 Å². The number of alkyl halides is 2. The SMILES string of the molecule is Cc1c(C(F)F)cc([N+](=O)[O-])nc1CC#N. The molecule has 0 aliphatic rings. The van der Waals surface area contributed by atoms with Gasteiger partial charge in [-0.15, -0.1) is 0 Å². The van der Waals surface area contributed by atoms with Crippen molar-refractivity contribution in [2.24, 2.45) is 0 Å². The molecule has 84 valence electrons. The number of nitriles is 1. The summed E-state index contributed by atoms with van der Waals surface area (Å²) in [7, 11) is 0. The first-order valence-electron chi connectivity index (χ1n) is 4.27. The van der Waals surface area contributed by atoms with E-state index in [0.29, 0.717) is 0 Å². The molecule has 0 saturated heterocycles. The molecule has 5 nitrogen and oxygen atoms in total. The van der Waals surface area contributed by atoms with Crippen LogP contribution in [-0.4, -0.2) is 9.91 Å². The minimum atomic E-state index is -2.82. The molecule has 0 radical (unpaired) electrons. The van der Waals surface area contributed by atoms with Gasteiger partial charge >= 0.3 is 5.82 Å². The summed E-state index contributed by atoms with van der Waals surface area (Å²) in [6, 6.07) is 2.46. The highest BCUT2D eigenvalue weighted by Gasteiger charge is 2.22. The van der Waals surface area contributed by atoms with Crippen molar-refractivity contribution in [1.82, 2.24) is 4.98 Å². The Bertz CT molecular complexity index is 469. The van der Waals surface area contributed by atoms with E-state index in [1.807, 2.05) is 0 Å². The summed E-state index contributed by atoms with van der Waals surface area (Å²) in [6.45, 7) is 1.37. The maximum atomic E-state index is 12.6. The Kier molecular flexibility index (Phi) is 3.45. The molecule has 0 N–H and O–H groups in total. The number of aromatic nitrogens is 1. The van der Waals surface area contributed by atoms with Crippen LogP contribution in [-0.2, 0) is 6.42 Å². The van der Waals surface area contributed by atoms with E-state index < -0.39 is 22.7 Å². The monoisotopic (exact) mass is 227 g/mol. The van der Waals surface area contributed by atoms with Gasteiger partial charge in [0, 0.05) is 17.2 Å². The Balaban J connectivity index is 3.40. The fourth-order valence-corrected chi connectivity index (χ4v) is 1.24. The maximum Gasteiger partial charge on any atom is 0.364 e. The third-order valence-electron chi connectivity index (χ3n) is 2.07. The van der Waals surface area contributed by atoms with E-state index in [9.17, 15) is 18.9 Å². The first-order valence-corrected chi connectivity index (χ1v) is 4.27. The van der Waals surface area contributed by atoms with Crippen LogP contribution in [0.2, 0.25) is 0 Å². The Labute approximate surface area is 89.5 Å². The highest BCUT2D eigenvalue weighted by Crippen LogP contribution is 2.27. The molecule has 0 spiro atoms. The molecular formula is C9H7F2N3O2. The molecule has 7 heteroatoms. The lowest BCUT2D eigenvalue weighted by Gasteiger charge is -2.05. The van der Waals surface area contributed by atoms with E-state index in [4.69, 9.17) is 5.26 Å². The van der Waals surface area contributed by atoms with Gasteiger partial charge in [0.05, 0.1) is 6.07 Å². The average molecular weight is 227 g/mol. The number of nitrogens with zero attached hydrogens (tertiary/aromatic N) is 3. The number of hydrogen-bond donors (Lipinski definition) is 0. The Morgan fingerprint density at radius 2 is 2.31 bits per heavy atom. The lowest BCUT2D eigenvalue weighted by atomic mass is 10.1. The van der Waals surface area contributed by atoms with Gasteiger partial charge in [-0.2, -0.15) is 5.26 Å².